The quantitative estimate of drug-likeness (QED) is 0.852. The minimum absolute atomic E-state index is 0.0730. The van der Waals surface area contributed by atoms with E-state index in [1.807, 2.05) is 6.92 Å². The zero-order chi connectivity index (χ0) is 18.8. The van der Waals surface area contributed by atoms with Crippen LogP contribution < -0.4 is 16.2 Å². The Kier molecular flexibility index (Phi) is 4.88. The second-order valence-corrected chi connectivity index (χ2v) is 6.54. The highest BCUT2D eigenvalue weighted by molar-refractivity contribution is 5.99. The number of aromatic nitrogens is 1. The standard InChI is InChI=1S/C19H20FN3O3/c1-11-7-16(11)22-17(24)13-8-14(18(25)21-2)19(26)23(10-13)9-12-5-3-4-6-15(12)20/h3-6,8,10-11,16H,7,9H2,1-2H3,(H,21,25)(H,22,24)/t11-,16-/m0/s1. The van der Waals surface area contributed by atoms with Crippen LogP contribution in [0.3, 0.4) is 0 Å². The summed E-state index contributed by atoms with van der Waals surface area (Å²) in [5.74, 6) is -0.984. The number of hydrogen-bond acceptors (Lipinski definition) is 3. The molecule has 26 heavy (non-hydrogen) atoms. The summed E-state index contributed by atoms with van der Waals surface area (Å²) in [5, 5.41) is 5.26. The van der Waals surface area contributed by atoms with Gasteiger partial charge in [0.15, 0.2) is 0 Å². The number of rotatable bonds is 5. The monoisotopic (exact) mass is 357 g/mol. The predicted molar refractivity (Wildman–Crippen MR) is 94.6 cm³/mol. The molecule has 0 aliphatic heterocycles. The van der Waals surface area contributed by atoms with Crippen molar-refractivity contribution in [3.8, 4) is 0 Å². The molecule has 1 aromatic heterocycles. The smallest absolute Gasteiger partial charge is 0.263 e. The highest BCUT2D eigenvalue weighted by atomic mass is 19.1. The van der Waals surface area contributed by atoms with Crippen molar-refractivity contribution in [2.75, 3.05) is 7.05 Å². The van der Waals surface area contributed by atoms with Crippen molar-refractivity contribution in [1.82, 2.24) is 15.2 Å². The Morgan fingerprint density at radius 2 is 1.96 bits per heavy atom. The first-order valence-electron chi connectivity index (χ1n) is 8.41. The lowest BCUT2D eigenvalue weighted by atomic mass is 10.1. The highest BCUT2D eigenvalue weighted by Gasteiger charge is 2.34. The molecular formula is C19H20FN3O3. The van der Waals surface area contributed by atoms with Crippen molar-refractivity contribution < 1.29 is 14.0 Å². The van der Waals surface area contributed by atoms with E-state index in [0.717, 1.165) is 6.42 Å². The van der Waals surface area contributed by atoms with Crippen LogP contribution >= 0.6 is 0 Å². The van der Waals surface area contributed by atoms with Gasteiger partial charge in [-0.05, 0) is 24.5 Å². The van der Waals surface area contributed by atoms with E-state index in [9.17, 15) is 18.8 Å². The molecule has 1 saturated carbocycles. The molecule has 136 valence electrons. The molecule has 0 saturated heterocycles. The van der Waals surface area contributed by atoms with Crippen LogP contribution in [0, 0.1) is 11.7 Å². The molecule has 0 spiro atoms. The van der Waals surface area contributed by atoms with Gasteiger partial charge < -0.3 is 15.2 Å². The van der Waals surface area contributed by atoms with Gasteiger partial charge in [-0.2, -0.15) is 0 Å². The number of carbonyl (C=O) groups is 2. The van der Waals surface area contributed by atoms with Crippen LogP contribution in [0.4, 0.5) is 4.39 Å². The fourth-order valence-electron chi connectivity index (χ4n) is 2.76. The van der Waals surface area contributed by atoms with E-state index < -0.39 is 17.3 Å². The van der Waals surface area contributed by atoms with E-state index >= 15 is 0 Å². The summed E-state index contributed by atoms with van der Waals surface area (Å²) in [7, 11) is 1.40. The van der Waals surface area contributed by atoms with Crippen molar-refractivity contribution in [1.29, 1.82) is 0 Å². The number of nitrogens with zero attached hydrogens (tertiary/aromatic N) is 1. The van der Waals surface area contributed by atoms with Crippen LogP contribution in [0.2, 0.25) is 0 Å². The Balaban J connectivity index is 2.00. The summed E-state index contributed by atoms with van der Waals surface area (Å²) in [4.78, 5) is 37.1. The molecule has 2 N–H and O–H groups in total. The lowest BCUT2D eigenvalue weighted by molar-refractivity contribution is 0.0948. The lowest BCUT2D eigenvalue weighted by Crippen LogP contribution is -2.34. The number of benzene rings is 1. The molecule has 0 radical (unpaired) electrons. The van der Waals surface area contributed by atoms with Crippen molar-refractivity contribution in [2.45, 2.75) is 25.9 Å². The van der Waals surface area contributed by atoms with E-state index in [1.165, 1.54) is 29.9 Å². The Labute approximate surface area is 150 Å². The second kappa shape index (κ2) is 7.11. The first-order valence-corrected chi connectivity index (χ1v) is 8.41. The molecule has 3 rings (SSSR count). The van der Waals surface area contributed by atoms with Gasteiger partial charge in [0.1, 0.15) is 11.4 Å². The summed E-state index contributed by atoms with van der Waals surface area (Å²) in [5.41, 5.74) is -0.242. The molecule has 7 heteroatoms. The highest BCUT2D eigenvalue weighted by Crippen LogP contribution is 2.29. The first kappa shape index (κ1) is 17.8. The van der Waals surface area contributed by atoms with Crippen molar-refractivity contribution in [2.24, 2.45) is 5.92 Å². The third kappa shape index (κ3) is 3.66. The molecule has 6 nitrogen and oxygen atoms in total. The molecule has 2 aromatic rings. The van der Waals surface area contributed by atoms with Gasteiger partial charge >= 0.3 is 0 Å². The predicted octanol–water partition coefficient (Wildman–Crippen LogP) is 1.53. The zero-order valence-electron chi connectivity index (χ0n) is 14.6. The average Bonchev–Trinajstić information content (AvgIpc) is 3.32. The second-order valence-electron chi connectivity index (χ2n) is 6.54. The van der Waals surface area contributed by atoms with Crippen molar-refractivity contribution in [3.63, 3.8) is 0 Å². The van der Waals surface area contributed by atoms with Gasteiger partial charge in [0.05, 0.1) is 12.1 Å². The van der Waals surface area contributed by atoms with Crippen LogP contribution in [0.1, 0.15) is 39.6 Å². The minimum atomic E-state index is -0.591. The third-order valence-electron chi connectivity index (χ3n) is 4.54. The summed E-state index contributed by atoms with van der Waals surface area (Å²) in [6, 6.07) is 7.46. The molecule has 1 aliphatic rings. The van der Waals surface area contributed by atoms with Crippen LogP contribution in [0.15, 0.2) is 41.3 Å². The average molecular weight is 357 g/mol. The molecule has 0 unspecified atom stereocenters. The molecule has 2 atom stereocenters. The maximum Gasteiger partial charge on any atom is 0.263 e. The molecule has 1 fully saturated rings. The number of pyridine rings is 1. The molecule has 1 aromatic carbocycles. The van der Waals surface area contributed by atoms with Crippen LogP contribution in [-0.2, 0) is 6.54 Å². The number of carbonyl (C=O) groups excluding carboxylic acids is 2. The van der Waals surface area contributed by atoms with Gasteiger partial charge in [0.25, 0.3) is 17.4 Å². The maximum absolute atomic E-state index is 13.9. The van der Waals surface area contributed by atoms with Gasteiger partial charge in [0, 0.05) is 24.8 Å². The first-order chi connectivity index (χ1) is 12.4. The lowest BCUT2D eigenvalue weighted by Gasteiger charge is -2.12. The molecule has 2 amide bonds. The zero-order valence-corrected chi connectivity index (χ0v) is 14.6. The largest absolute Gasteiger partial charge is 0.355 e. The van der Waals surface area contributed by atoms with Crippen LogP contribution in [0.5, 0.6) is 0 Å². The van der Waals surface area contributed by atoms with E-state index in [-0.39, 0.29) is 29.6 Å². The number of nitrogens with one attached hydrogen (secondary N) is 2. The molecular weight excluding hydrogens is 337 g/mol. The van der Waals surface area contributed by atoms with Gasteiger partial charge in [-0.3, -0.25) is 14.4 Å². The minimum Gasteiger partial charge on any atom is -0.355 e. The Bertz CT molecular complexity index is 922. The Morgan fingerprint density at radius 3 is 2.58 bits per heavy atom. The summed E-state index contributed by atoms with van der Waals surface area (Å²) < 4.78 is 15.1. The van der Waals surface area contributed by atoms with Gasteiger partial charge in [0.2, 0.25) is 0 Å². The Morgan fingerprint density at radius 1 is 1.27 bits per heavy atom. The summed E-state index contributed by atoms with van der Waals surface area (Å²) in [6.45, 7) is 1.95. The SMILES string of the molecule is CNC(=O)c1cc(C(=O)N[C@H]2C[C@@H]2C)cn(Cc2ccccc2F)c1=O. The van der Waals surface area contributed by atoms with Gasteiger partial charge in [-0.15, -0.1) is 0 Å². The number of halogens is 1. The van der Waals surface area contributed by atoms with Gasteiger partial charge in [-0.1, -0.05) is 25.1 Å². The summed E-state index contributed by atoms with van der Waals surface area (Å²) in [6.07, 6.45) is 2.27. The van der Waals surface area contributed by atoms with Gasteiger partial charge in [-0.25, -0.2) is 4.39 Å². The molecule has 1 aliphatic carbocycles. The van der Waals surface area contributed by atoms with Crippen molar-refractivity contribution in [3.05, 3.63) is 69.4 Å². The Hall–Kier alpha value is -2.96. The van der Waals surface area contributed by atoms with Crippen molar-refractivity contribution >= 4 is 11.8 Å². The number of hydrogen-bond donors (Lipinski definition) is 2. The molecule has 1 heterocycles. The van der Waals surface area contributed by atoms with Crippen LogP contribution in [0.25, 0.3) is 0 Å². The van der Waals surface area contributed by atoms with E-state index in [4.69, 9.17) is 0 Å². The topological polar surface area (TPSA) is 80.2 Å². The third-order valence-corrected chi connectivity index (χ3v) is 4.54. The number of amides is 2. The fraction of sp³-hybridized carbons (Fsp3) is 0.316. The van der Waals surface area contributed by atoms with E-state index in [0.29, 0.717) is 11.5 Å². The maximum atomic E-state index is 13.9. The van der Waals surface area contributed by atoms with E-state index in [2.05, 4.69) is 10.6 Å². The molecule has 0 bridgehead atoms. The van der Waals surface area contributed by atoms with Crippen LogP contribution in [-0.4, -0.2) is 29.5 Å². The normalized spacial score (nSPS) is 18.3. The summed E-state index contributed by atoms with van der Waals surface area (Å²) >= 11 is 0. The van der Waals surface area contributed by atoms with E-state index in [1.54, 1.807) is 18.2 Å². The fourth-order valence-corrected chi connectivity index (χ4v) is 2.76.